The number of ether oxygens (including phenoxy) is 2. The highest BCUT2D eigenvalue weighted by Crippen LogP contribution is 2.37. The van der Waals surface area contributed by atoms with Crippen molar-refractivity contribution in [2.45, 2.75) is 39.5 Å². The van der Waals surface area contributed by atoms with Crippen LogP contribution in [-0.2, 0) is 17.9 Å². The third-order valence-corrected chi connectivity index (χ3v) is 4.42. The van der Waals surface area contributed by atoms with Gasteiger partial charge in [0.2, 0.25) is 0 Å². The molecule has 0 bridgehead atoms. The highest BCUT2D eigenvalue weighted by atomic mass is 35.5. The van der Waals surface area contributed by atoms with Crippen molar-refractivity contribution in [1.29, 1.82) is 0 Å². The number of benzene rings is 2. The second-order valence-electron chi connectivity index (χ2n) is 6.93. The van der Waals surface area contributed by atoms with Gasteiger partial charge in [-0.05, 0) is 47.7 Å². The maximum atomic E-state index is 13.0. The number of methoxy groups -OCH3 is 1. The van der Waals surface area contributed by atoms with Crippen LogP contribution in [0.1, 0.15) is 31.4 Å². The lowest BCUT2D eigenvalue weighted by Crippen LogP contribution is -2.37. The molecule has 2 aromatic carbocycles. The molecule has 0 aromatic heterocycles. The molecule has 0 saturated carbocycles. The van der Waals surface area contributed by atoms with E-state index in [1.807, 2.05) is 13.8 Å². The summed E-state index contributed by atoms with van der Waals surface area (Å²) in [6, 6.07) is 8.83. The molecule has 0 fully saturated rings. The lowest BCUT2D eigenvalue weighted by atomic mass is 10.0. The molecule has 0 aliphatic rings. The van der Waals surface area contributed by atoms with Crippen molar-refractivity contribution >= 4 is 17.6 Å². The van der Waals surface area contributed by atoms with Crippen LogP contribution in [0, 0.1) is 11.7 Å². The maximum Gasteiger partial charge on any atom is 0.320 e. The van der Waals surface area contributed by atoms with Crippen LogP contribution in [0.2, 0.25) is 5.02 Å². The molecule has 1 atom stereocenters. The van der Waals surface area contributed by atoms with E-state index in [9.17, 15) is 14.3 Å². The van der Waals surface area contributed by atoms with Crippen LogP contribution in [0.5, 0.6) is 11.5 Å². The van der Waals surface area contributed by atoms with E-state index >= 15 is 0 Å². The highest BCUT2D eigenvalue weighted by Gasteiger charge is 2.19. The van der Waals surface area contributed by atoms with Crippen LogP contribution in [0.25, 0.3) is 0 Å². The lowest BCUT2D eigenvalue weighted by Gasteiger charge is -2.18. The first-order valence-electron chi connectivity index (χ1n) is 9.00. The van der Waals surface area contributed by atoms with Gasteiger partial charge >= 0.3 is 5.97 Å². The molecule has 0 spiro atoms. The first-order chi connectivity index (χ1) is 13.3. The van der Waals surface area contributed by atoms with Crippen LogP contribution in [0.3, 0.4) is 0 Å². The van der Waals surface area contributed by atoms with Gasteiger partial charge in [0.15, 0.2) is 11.5 Å². The summed E-state index contributed by atoms with van der Waals surface area (Å²) in [7, 11) is 1.51. The highest BCUT2D eigenvalue weighted by molar-refractivity contribution is 6.32. The van der Waals surface area contributed by atoms with Crippen LogP contribution in [0.15, 0.2) is 36.4 Å². The molecule has 7 heteroatoms. The Morgan fingerprint density at radius 1 is 1.21 bits per heavy atom. The minimum Gasteiger partial charge on any atom is -0.493 e. The normalized spacial score (nSPS) is 12.1. The molecule has 1 unspecified atom stereocenters. The van der Waals surface area contributed by atoms with Crippen molar-refractivity contribution in [3.8, 4) is 11.5 Å². The molecule has 0 saturated heterocycles. The molecule has 2 rings (SSSR count). The Bertz CT molecular complexity index is 796. The van der Waals surface area contributed by atoms with E-state index in [0.29, 0.717) is 29.5 Å². The third kappa shape index (κ3) is 6.39. The largest absolute Gasteiger partial charge is 0.493 e. The first kappa shape index (κ1) is 22.0. The number of carboxylic acid groups (broad SMARTS) is 1. The third-order valence-electron chi connectivity index (χ3n) is 4.14. The van der Waals surface area contributed by atoms with Gasteiger partial charge in [-0.15, -0.1) is 0 Å². The maximum absolute atomic E-state index is 13.0. The zero-order valence-electron chi connectivity index (χ0n) is 16.2. The van der Waals surface area contributed by atoms with Crippen molar-refractivity contribution < 1.29 is 23.8 Å². The Hall–Kier alpha value is -2.31. The van der Waals surface area contributed by atoms with Crippen molar-refractivity contribution in [2.75, 3.05) is 7.11 Å². The summed E-state index contributed by atoms with van der Waals surface area (Å²) in [4.78, 5) is 11.4. The molecule has 0 aliphatic heterocycles. The average molecular weight is 410 g/mol. The van der Waals surface area contributed by atoms with Gasteiger partial charge in [-0.25, -0.2) is 4.39 Å². The lowest BCUT2D eigenvalue weighted by molar-refractivity contribution is -0.140. The number of nitrogens with one attached hydrogen (secondary N) is 1. The topological polar surface area (TPSA) is 67.8 Å². The van der Waals surface area contributed by atoms with Gasteiger partial charge in [0.1, 0.15) is 18.5 Å². The molecular weight excluding hydrogens is 385 g/mol. The fourth-order valence-corrected chi connectivity index (χ4v) is 3.02. The average Bonchev–Trinajstić information content (AvgIpc) is 2.64. The van der Waals surface area contributed by atoms with E-state index in [0.717, 1.165) is 11.1 Å². The monoisotopic (exact) mass is 409 g/mol. The zero-order valence-corrected chi connectivity index (χ0v) is 16.9. The van der Waals surface area contributed by atoms with E-state index in [1.165, 1.54) is 19.2 Å². The fourth-order valence-electron chi connectivity index (χ4n) is 2.74. The fraction of sp³-hybridized carbons (Fsp3) is 0.381. The quantitative estimate of drug-likeness (QED) is 0.597. The molecule has 0 aliphatic carbocycles. The van der Waals surface area contributed by atoms with Crippen molar-refractivity contribution in [3.63, 3.8) is 0 Å². The van der Waals surface area contributed by atoms with E-state index in [-0.39, 0.29) is 18.3 Å². The Balaban J connectivity index is 2.09. The molecule has 28 heavy (non-hydrogen) atoms. The second-order valence-corrected chi connectivity index (χ2v) is 7.33. The molecule has 2 N–H and O–H groups in total. The summed E-state index contributed by atoms with van der Waals surface area (Å²) < 4.78 is 24.1. The smallest absolute Gasteiger partial charge is 0.320 e. The van der Waals surface area contributed by atoms with Gasteiger partial charge < -0.3 is 19.9 Å². The van der Waals surface area contributed by atoms with Crippen LogP contribution in [-0.4, -0.2) is 24.2 Å². The van der Waals surface area contributed by atoms with Crippen molar-refractivity contribution in [3.05, 3.63) is 58.4 Å². The number of rotatable bonds is 10. The second kappa shape index (κ2) is 10.3. The molecule has 2 aromatic rings. The zero-order chi connectivity index (χ0) is 20.7. The Morgan fingerprint density at radius 2 is 1.89 bits per heavy atom. The van der Waals surface area contributed by atoms with Crippen LogP contribution >= 0.6 is 11.6 Å². The molecule has 0 amide bonds. The van der Waals surface area contributed by atoms with Crippen molar-refractivity contribution in [2.24, 2.45) is 5.92 Å². The molecule has 0 radical (unpaired) electrons. The Morgan fingerprint density at radius 3 is 2.46 bits per heavy atom. The summed E-state index contributed by atoms with van der Waals surface area (Å²) >= 11 is 6.36. The van der Waals surface area contributed by atoms with Gasteiger partial charge in [0.25, 0.3) is 0 Å². The van der Waals surface area contributed by atoms with Gasteiger partial charge in [-0.2, -0.15) is 0 Å². The summed E-state index contributed by atoms with van der Waals surface area (Å²) in [6.45, 7) is 4.50. The van der Waals surface area contributed by atoms with E-state index in [1.54, 1.807) is 24.3 Å². The van der Waals surface area contributed by atoms with Crippen LogP contribution in [0.4, 0.5) is 4.39 Å². The van der Waals surface area contributed by atoms with E-state index in [4.69, 9.17) is 21.1 Å². The number of halogens is 2. The minimum absolute atomic E-state index is 0.212. The summed E-state index contributed by atoms with van der Waals surface area (Å²) in [6.07, 6.45) is 0.527. The van der Waals surface area contributed by atoms with E-state index in [2.05, 4.69) is 5.32 Å². The Labute approximate surface area is 169 Å². The molecule has 0 heterocycles. The molecule has 5 nitrogen and oxygen atoms in total. The summed E-state index contributed by atoms with van der Waals surface area (Å²) in [5, 5.41) is 12.7. The SMILES string of the molecule is COc1cc(CNC(CC(C)C)C(=O)O)cc(Cl)c1OCc1ccc(F)cc1. The molecule has 152 valence electrons. The van der Waals surface area contributed by atoms with Gasteiger partial charge in [0, 0.05) is 6.54 Å². The van der Waals surface area contributed by atoms with Gasteiger partial charge in [0.05, 0.1) is 12.1 Å². The molecular formula is C21H25ClFNO4. The number of aliphatic carboxylic acids is 1. The van der Waals surface area contributed by atoms with Crippen LogP contribution < -0.4 is 14.8 Å². The predicted octanol–water partition coefficient (Wildman–Crippen LogP) is 4.66. The van der Waals surface area contributed by atoms with E-state index < -0.39 is 12.0 Å². The van der Waals surface area contributed by atoms with Crippen molar-refractivity contribution in [1.82, 2.24) is 5.32 Å². The summed E-state index contributed by atoms with van der Waals surface area (Å²) in [5.74, 6) is -0.107. The predicted molar refractivity (Wildman–Crippen MR) is 106 cm³/mol. The number of carbonyl (C=O) groups is 1. The minimum atomic E-state index is -0.883. The van der Waals surface area contributed by atoms with Gasteiger partial charge in [-0.3, -0.25) is 4.79 Å². The number of hydrogen-bond donors (Lipinski definition) is 2. The summed E-state index contributed by atoms with van der Waals surface area (Å²) in [5.41, 5.74) is 1.58. The standard InChI is InChI=1S/C21H25ClFNO4/c1-13(2)8-18(21(25)26)24-11-15-9-17(22)20(19(10-15)27-3)28-12-14-4-6-16(23)7-5-14/h4-7,9-10,13,18,24H,8,11-12H2,1-3H3,(H,25,26). The number of hydrogen-bond acceptors (Lipinski definition) is 4. The Kier molecular flexibility index (Phi) is 8.08. The van der Waals surface area contributed by atoms with Gasteiger partial charge in [-0.1, -0.05) is 37.6 Å². The first-order valence-corrected chi connectivity index (χ1v) is 9.37. The number of carboxylic acids is 1.